The largest absolute Gasteiger partial charge is 0.339 e. The van der Waals surface area contributed by atoms with Gasteiger partial charge in [-0.05, 0) is 32.6 Å². The SMILES string of the molecule is CN(C)[C@H]1Cc2cc(C(=O)N3CCCN(c4ncccn4)CC3)nn2C1. The topological polar surface area (TPSA) is 70.4 Å². The maximum atomic E-state index is 12.9. The molecule has 8 nitrogen and oxygen atoms in total. The van der Waals surface area contributed by atoms with Crippen LogP contribution in [0.3, 0.4) is 0 Å². The van der Waals surface area contributed by atoms with E-state index in [-0.39, 0.29) is 5.91 Å². The second kappa shape index (κ2) is 7.03. The molecule has 0 aliphatic carbocycles. The number of carbonyl (C=O) groups excluding carboxylic acids is 1. The minimum Gasteiger partial charge on any atom is -0.339 e. The first-order valence-electron chi connectivity index (χ1n) is 9.16. The number of fused-ring (bicyclic) bond motifs is 1. The molecule has 8 heteroatoms. The average Bonchev–Trinajstić information content (AvgIpc) is 3.12. The molecule has 0 spiro atoms. The highest BCUT2D eigenvalue weighted by Gasteiger charge is 2.28. The van der Waals surface area contributed by atoms with E-state index in [1.165, 1.54) is 0 Å². The van der Waals surface area contributed by atoms with Gasteiger partial charge >= 0.3 is 0 Å². The van der Waals surface area contributed by atoms with Crippen LogP contribution in [0.4, 0.5) is 5.95 Å². The lowest BCUT2D eigenvalue weighted by Gasteiger charge is -2.21. The van der Waals surface area contributed by atoms with Crippen LogP contribution in [0.1, 0.15) is 22.6 Å². The number of amides is 1. The molecule has 1 atom stereocenters. The van der Waals surface area contributed by atoms with Crippen LogP contribution < -0.4 is 4.90 Å². The van der Waals surface area contributed by atoms with E-state index >= 15 is 0 Å². The lowest BCUT2D eigenvalue weighted by molar-refractivity contribution is 0.0759. The van der Waals surface area contributed by atoms with E-state index in [0.29, 0.717) is 18.3 Å². The zero-order chi connectivity index (χ0) is 18.1. The summed E-state index contributed by atoms with van der Waals surface area (Å²) in [7, 11) is 4.17. The fourth-order valence-electron chi connectivity index (χ4n) is 3.67. The molecule has 4 rings (SSSR count). The van der Waals surface area contributed by atoms with Crippen LogP contribution in [0.5, 0.6) is 0 Å². The van der Waals surface area contributed by atoms with E-state index in [0.717, 1.165) is 50.7 Å². The molecular formula is C18H25N7O. The van der Waals surface area contributed by atoms with Gasteiger partial charge in [0, 0.05) is 56.7 Å². The van der Waals surface area contributed by atoms with Crippen molar-refractivity contribution >= 4 is 11.9 Å². The molecule has 2 aromatic heterocycles. The fraction of sp³-hybridized carbons (Fsp3) is 0.556. The predicted octanol–water partition coefficient (Wildman–Crippen LogP) is 0.512. The minimum absolute atomic E-state index is 0.0316. The van der Waals surface area contributed by atoms with Gasteiger partial charge in [-0.25, -0.2) is 9.97 Å². The summed E-state index contributed by atoms with van der Waals surface area (Å²) in [5.41, 5.74) is 1.72. The van der Waals surface area contributed by atoms with Crippen molar-refractivity contribution in [2.24, 2.45) is 0 Å². The molecule has 1 amide bonds. The maximum Gasteiger partial charge on any atom is 0.274 e. The molecule has 1 fully saturated rings. The van der Waals surface area contributed by atoms with E-state index < -0.39 is 0 Å². The van der Waals surface area contributed by atoms with Gasteiger partial charge in [-0.1, -0.05) is 0 Å². The van der Waals surface area contributed by atoms with Crippen molar-refractivity contribution in [3.8, 4) is 0 Å². The van der Waals surface area contributed by atoms with Crippen LogP contribution >= 0.6 is 0 Å². The highest BCUT2D eigenvalue weighted by Crippen LogP contribution is 2.20. The molecule has 0 saturated carbocycles. The van der Waals surface area contributed by atoms with E-state index in [4.69, 9.17) is 0 Å². The molecule has 0 unspecified atom stereocenters. The van der Waals surface area contributed by atoms with Crippen LogP contribution in [0.2, 0.25) is 0 Å². The first kappa shape index (κ1) is 17.0. The van der Waals surface area contributed by atoms with Gasteiger partial charge in [0.2, 0.25) is 5.95 Å². The van der Waals surface area contributed by atoms with Crippen molar-refractivity contribution < 1.29 is 4.79 Å². The molecule has 1 saturated heterocycles. The molecule has 2 aliphatic rings. The minimum atomic E-state index is 0.0316. The Morgan fingerprint density at radius 3 is 2.69 bits per heavy atom. The molecule has 2 aliphatic heterocycles. The van der Waals surface area contributed by atoms with Gasteiger partial charge in [-0.3, -0.25) is 9.48 Å². The summed E-state index contributed by atoms with van der Waals surface area (Å²) in [6.45, 7) is 3.86. The molecule has 0 radical (unpaired) electrons. The third-order valence-electron chi connectivity index (χ3n) is 5.26. The van der Waals surface area contributed by atoms with Gasteiger partial charge < -0.3 is 14.7 Å². The monoisotopic (exact) mass is 355 g/mol. The van der Waals surface area contributed by atoms with Crippen LogP contribution in [0.25, 0.3) is 0 Å². The molecule has 0 aromatic carbocycles. The smallest absolute Gasteiger partial charge is 0.274 e. The van der Waals surface area contributed by atoms with E-state index in [9.17, 15) is 4.79 Å². The van der Waals surface area contributed by atoms with Crippen molar-refractivity contribution in [3.05, 3.63) is 35.9 Å². The van der Waals surface area contributed by atoms with E-state index in [2.05, 4.69) is 39.0 Å². The Kier molecular flexibility index (Phi) is 4.58. The van der Waals surface area contributed by atoms with Gasteiger partial charge in [-0.15, -0.1) is 0 Å². The van der Waals surface area contributed by atoms with Crippen LogP contribution in [0.15, 0.2) is 24.5 Å². The van der Waals surface area contributed by atoms with Crippen LogP contribution in [-0.4, -0.2) is 81.8 Å². The maximum absolute atomic E-state index is 12.9. The third-order valence-corrected chi connectivity index (χ3v) is 5.26. The quantitative estimate of drug-likeness (QED) is 0.799. The first-order chi connectivity index (χ1) is 12.6. The molecular weight excluding hydrogens is 330 g/mol. The van der Waals surface area contributed by atoms with Crippen molar-refractivity contribution in [2.75, 3.05) is 45.2 Å². The molecule has 4 heterocycles. The Balaban J connectivity index is 1.41. The highest BCUT2D eigenvalue weighted by molar-refractivity contribution is 5.92. The van der Waals surface area contributed by atoms with Crippen molar-refractivity contribution in [2.45, 2.75) is 25.4 Å². The Hall–Kier alpha value is -2.48. The highest BCUT2D eigenvalue weighted by atomic mass is 16.2. The predicted molar refractivity (Wildman–Crippen MR) is 98.2 cm³/mol. The standard InChI is InChI=1S/C18H25N7O/c1-22(2)15-11-14-12-16(21-25(14)13-15)17(26)23-7-4-8-24(10-9-23)18-19-5-3-6-20-18/h3,5-6,12,15H,4,7-11,13H2,1-2H3/t15-/m0/s1. The molecule has 0 bridgehead atoms. The van der Waals surface area contributed by atoms with Gasteiger partial charge in [0.15, 0.2) is 5.69 Å². The summed E-state index contributed by atoms with van der Waals surface area (Å²) < 4.78 is 1.99. The number of carbonyl (C=O) groups is 1. The molecule has 0 N–H and O–H groups in total. The number of rotatable bonds is 3. The van der Waals surface area contributed by atoms with Gasteiger partial charge in [0.1, 0.15) is 0 Å². The Morgan fingerprint density at radius 2 is 1.96 bits per heavy atom. The summed E-state index contributed by atoms with van der Waals surface area (Å²) in [4.78, 5) is 27.8. The zero-order valence-corrected chi connectivity index (χ0v) is 15.4. The summed E-state index contributed by atoms with van der Waals surface area (Å²) in [5, 5.41) is 4.57. The van der Waals surface area contributed by atoms with E-state index in [1.54, 1.807) is 12.4 Å². The van der Waals surface area contributed by atoms with Crippen molar-refractivity contribution in [1.29, 1.82) is 0 Å². The first-order valence-corrected chi connectivity index (χ1v) is 9.16. The lowest BCUT2D eigenvalue weighted by Crippen LogP contribution is -2.36. The van der Waals surface area contributed by atoms with E-state index in [1.807, 2.05) is 21.7 Å². The number of hydrogen-bond donors (Lipinski definition) is 0. The number of aromatic nitrogens is 4. The second-order valence-corrected chi connectivity index (χ2v) is 7.21. The summed E-state index contributed by atoms with van der Waals surface area (Å²) in [6, 6.07) is 4.25. The Labute approximate surface area is 153 Å². The summed E-state index contributed by atoms with van der Waals surface area (Å²) in [6.07, 6.45) is 5.36. The fourth-order valence-corrected chi connectivity index (χ4v) is 3.67. The molecule has 2 aromatic rings. The Bertz CT molecular complexity index is 750. The number of nitrogens with zero attached hydrogens (tertiary/aromatic N) is 7. The molecule has 26 heavy (non-hydrogen) atoms. The van der Waals surface area contributed by atoms with Crippen LogP contribution in [-0.2, 0) is 13.0 Å². The number of anilines is 1. The summed E-state index contributed by atoms with van der Waals surface area (Å²) >= 11 is 0. The number of hydrogen-bond acceptors (Lipinski definition) is 6. The number of likely N-dealkylation sites (N-methyl/N-ethyl adjacent to an activating group) is 1. The van der Waals surface area contributed by atoms with Crippen molar-refractivity contribution in [3.63, 3.8) is 0 Å². The zero-order valence-electron chi connectivity index (χ0n) is 15.4. The average molecular weight is 355 g/mol. The van der Waals surface area contributed by atoms with Gasteiger partial charge in [0.25, 0.3) is 5.91 Å². The normalized spacial score (nSPS) is 20.3. The second-order valence-electron chi connectivity index (χ2n) is 7.21. The third kappa shape index (κ3) is 3.29. The van der Waals surface area contributed by atoms with Gasteiger partial charge in [0.05, 0.1) is 6.54 Å². The summed E-state index contributed by atoms with van der Waals surface area (Å²) in [5.74, 6) is 0.765. The van der Waals surface area contributed by atoms with Crippen molar-refractivity contribution in [1.82, 2.24) is 29.5 Å². The van der Waals surface area contributed by atoms with Gasteiger partial charge in [-0.2, -0.15) is 5.10 Å². The Morgan fingerprint density at radius 1 is 1.15 bits per heavy atom. The van der Waals surface area contributed by atoms with Crippen LogP contribution in [0, 0.1) is 0 Å². The lowest BCUT2D eigenvalue weighted by atomic mass is 10.2. The molecule has 138 valence electrons.